The molecule has 0 aromatic carbocycles. The highest BCUT2D eigenvalue weighted by molar-refractivity contribution is 6.27. The number of alkyl carbamates (subject to hydrolysis) is 1. The fraction of sp³-hybridized carbons (Fsp3) is 0.727. The average Bonchev–Trinajstić information content (AvgIpc) is 2.24. The lowest BCUT2D eigenvalue weighted by Gasteiger charge is -2.22. The maximum atomic E-state index is 11.5. The lowest BCUT2D eigenvalue weighted by atomic mass is 10.1. The van der Waals surface area contributed by atoms with Gasteiger partial charge in [-0.15, -0.1) is 11.6 Å². The average molecular weight is 280 g/mol. The molecule has 0 aliphatic carbocycles. The van der Waals surface area contributed by atoms with Crippen LogP contribution in [0.15, 0.2) is 0 Å². The summed E-state index contributed by atoms with van der Waals surface area (Å²) in [7, 11) is 1.16. The van der Waals surface area contributed by atoms with E-state index >= 15 is 0 Å². The van der Waals surface area contributed by atoms with Crippen molar-refractivity contribution in [3.63, 3.8) is 0 Å². The zero-order valence-electron chi connectivity index (χ0n) is 10.9. The third-order valence-corrected chi connectivity index (χ3v) is 2.06. The molecule has 0 bridgehead atoms. The van der Waals surface area contributed by atoms with Gasteiger partial charge >= 0.3 is 12.1 Å². The number of halogens is 1. The quantitative estimate of drug-likeness (QED) is 0.605. The van der Waals surface area contributed by atoms with E-state index in [1.807, 2.05) is 0 Å². The highest BCUT2D eigenvalue weighted by atomic mass is 35.5. The van der Waals surface area contributed by atoms with Crippen LogP contribution in [-0.4, -0.2) is 42.5 Å². The SMILES string of the molecule is COC(=O)[C@H](CC(=O)CCl)NC(=O)OC(C)(C)C. The Morgan fingerprint density at radius 2 is 1.83 bits per heavy atom. The third-order valence-electron chi connectivity index (χ3n) is 1.76. The number of Topliss-reactive ketones (excluding diaryl/α,β-unsaturated/α-hetero) is 1. The molecule has 0 saturated heterocycles. The summed E-state index contributed by atoms with van der Waals surface area (Å²) in [6.45, 7) is 5.05. The molecule has 0 spiro atoms. The molecule has 0 heterocycles. The number of methoxy groups -OCH3 is 1. The Morgan fingerprint density at radius 3 is 2.22 bits per heavy atom. The van der Waals surface area contributed by atoms with Crippen LogP contribution >= 0.6 is 11.6 Å². The van der Waals surface area contributed by atoms with Gasteiger partial charge < -0.3 is 14.8 Å². The molecular formula is C11H18ClNO5. The second-order valence-electron chi connectivity index (χ2n) is 4.60. The molecule has 0 aromatic heterocycles. The number of ketones is 1. The van der Waals surface area contributed by atoms with Gasteiger partial charge in [0.25, 0.3) is 0 Å². The summed E-state index contributed by atoms with van der Waals surface area (Å²) in [4.78, 5) is 34.0. The molecule has 0 aliphatic rings. The van der Waals surface area contributed by atoms with E-state index in [9.17, 15) is 14.4 Å². The molecule has 0 aromatic rings. The molecule has 0 aliphatic heterocycles. The van der Waals surface area contributed by atoms with Crippen molar-refractivity contribution in [3.05, 3.63) is 0 Å². The molecule has 0 unspecified atom stereocenters. The first-order valence-corrected chi connectivity index (χ1v) is 5.88. The molecule has 6 nitrogen and oxygen atoms in total. The van der Waals surface area contributed by atoms with Crippen LogP contribution in [0.4, 0.5) is 4.79 Å². The van der Waals surface area contributed by atoms with E-state index in [1.54, 1.807) is 20.8 Å². The molecule has 7 heteroatoms. The van der Waals surface area contributed by atoms with E-state index in [1.165, 1.54) is 0 Å². The van der Waals surface area contributed by atoms with E-state index in [2.05, 4.69) is 10.1 Å². The van der Waals surface area contributed by atoms with E-state index in [0.29, 0.717) is 0 Å². The number of hydrogen-bond acceptors (Lipinski definition) is 5. The molecular weight excluding hydrogens is 262 g/mol. The topological polar surface area (TPSA) is 81.7 Å². The van der Waals surface area contributed by atoms with Gasteiger partial charge in [-0.1, -0.05) is 0 Å². The number of ether oxygens (including phenoxy) is 2. The van der Waals surface area contributed by atoms with Crippen LogP contribution < -0.4 is 5.32 Å². The van der Waals surface area contributed by atoms with Gasteiger partial charge in [-0.05, 0) is 20.8 Å². The largest absolute Gasteiger partial charge is 0.467 e. The lowest BCUT2D eigenvalue weighted by molar-refractivity contribution is -0.144. The van der Waals surface area contributed by atoms with Gasteiger partial charge in [-0.2, -0.15) is 0 Å². The molecule has 1 amide bonds. The molecule has 1 N–H and O–H groups in total. The smallest absolute Gasteiger partial charge is 0.408 e. The molecule has 0 fully saturated rings. The minimum Gasteiger partial charge on any atom is -0.467 e. The van der Waals surface area contributed by atoms with Crippen molar-refractivity contribution in [1.82, 2.24) is 5.32 Å². The van der Waals surface area contributed by atoms with Crippen molar-refractivity contribution in [2.24, 2.45) is 0 Å². The third kappa shape index (κ3) is 7.11. The van der Waals surface area contributed by atoms with E-state index < -0.39 is 23.7 Å². The molecule has 0 saturated carbocycles. The second kappa shape index (κ2) is 7.20. The Morgan fingerprint density at radius 1 is 1.28 bits per heavy atom. The number of amides is 1. The maximum Gasteiger partial charge on any atom is 0.408 e. The van der Waals surface area contributed by atoms with E-state index in [-0.39, 0.29) is 18.1 Å². The molecule has 1 atom stereocenters. The van der Waals surface area contributed by atoms with Crippen molar-refractivity contribution in [2.45, 2.75) is 38.8 Å². The standard InChI is InChI=1S/C11H18ClNO5/c1-11(2,3)18-10(16)13-8(9(15)17-4)5-7(14)6-12/h8H,5-6H2,1-4H3,(H,13,16)/t8-/m0/s1. The fourth-order valence-electron chi connectivity index (χ4n) is 1.07. The molecule has 104 valence electrons. The Hall–Kier alpha value is -1.30. The predicted octanol–water partition coefficient (Wildman–Crippen LogP) is 1.25. The molecule has 0 radical (unpaired) electrons. The van der Waals surface area contributed by atoms with E-state index in [0.717, 1.165) is 7.11 Å². The summed E-state index contributed by atoms with van der Waals surface area (Å²) in [6, 6.07) is -1.09. The van der Waals surface area contributed by atoms with E-state index in [4.69, 9.17) is 16.3 Å². The van der Waals surface area contributed by atoms with Crippen molar-refractivity contribution >= 4 is 29.4 Å². The number of nitrogens with one attached hydrogen (secondary N) is 1. The lowest BCUT2D eigenvalue weighted by Crippen LogP contribution is -2.45. The monoisotopic (exact) mass is 279 g/mol. The molecule has 18 heavy (non-hydrogen) atoms. The first-order chi connectivity index (χ1) is 8.19. The van der Waals surface area contributed by atoms with Crippen LogP contribution in [0.5, 0.6) is 0 Å². The van der Waals surface area contributed by atoms with Crippen LogP contribution in [0.1, 0.15) is 27.2 Å². The van der Waals surface area contributed by atoms with Crippen LogP contribution in [0.25, 0.3) is 0 Å². The predicted molar refractivity (Wildman–Crippen MR) is 65.5 cm³/mol. The maximum absolute atomic E-state index is 11.5. The fourth-order valence-corrected chi connectivity index (χ4v) is 1.18. The number of carbonyl (C=O) groups is 3. The molecule has 0 rings (SSSR count). The summed E-state index contributed by atoms with van der Waals surface area (Å²) < 4.78 is 9.46. The summed E-state index contributed by atoms with van der Waals surface area (Å²) in [5, 5.41) is 2.27. The minimum absolute atomic E-state index is 0.227. The highest BCUT2D eigenvalue weighted by Crippen LogP contribution is 2.07. The number of rotatable bonds is 5. The summed E-state index contributed by atoms with van der Waals surface area (Å²) in [6.07, 6.45) is -1.02. The Bertz CT molecular complexity index is 324. The summed E-state index contributed by atoms with van der Waals surface area (Å²) >= 11 is 5.34. The van der Waals surface area contributed by atoms with Crippen LogP contribution in [-0.2, 0) is 19.1 Å². The van der Waals surface area contributed by atoms with Gasteiger partial charge in [-0.25, -0.2) is 9.59 Å². The number of esters is 1. The second-order valence-corrected chi connectivity index (χ2v) is 4.87. The van der Waals surface area contributed by atoms with Crippen molar-refractivity contribution < 1.29 is 23.9 Å². The van der Waals surface area contributed by atoms with Gasteiger partial charge in [0.15, 0.2) is 0 Å². The first kappa shape index (κ1) is 16.7. The van der Waals surface area contributed by atoms with Crippen LogP contribution in [0, 0.1) is 0 Å². The van der Waals surface area contributed by atoms with Gasteiger partial charge in [0.05, 0.1) is 13.0 Å². The van der Waals surface area contributed by atoms with Crippen molar-refractivity contribution in [3.8, 4) is 0 Å². The van der Waals surface area contributed by atoms with Crippen LogP contribution in [0.2, 0.25) is 0 Å². The van der Waals surface area contributed by atoms with Gasteiger partial charge in [0, 0.05) is 6.42 Å². The summed E-state index contributed by atoms with van der Waals surface area (Å²) in [5.41, 5.74) is -0.693. The number of hydrogen-bond donors (Lipinski definition) is 1. The minimum atomic E-state index is -1.09. The Balaban J connectivity index is 4.55. The Labute approximate surface area is 111 Å². The van der Waals surface area contributed by atoms with Crippen LogP contribution in [0.3, 0.4) is 0 Å². The van der Waals surface area contributed by atoms with Crippen molar-refractivity contribution in [1.29, 1.82) is 0 Å². The van der Waals surface area contributed by atoms with Crippen molar-refractivity contribution in [2.75, 3.05) is 13.0 Å². The number of carbonyl (C=O) groups excluding carboxylic acids is 3. The Kier molecular flexibility index (Phi) is 6.68. The summed E-state index contributed by atoms with van der Waals surface area (Å²) in [5.74, 6) is -1.33. The zero-order valence-corrected chi connectivity index (χ0v) is 11.7. The highest BCUT2D eigenvalue weighted by Gasteiger charge is 2.26. The van der Waals surface area contributed by atoms with Gasteiger partial charge in [0.2, 0.25) is 0 Å². The first-order valence-electron chi connectivity index (χ1n) is 5.34. The number of alkyl halides is 1. The normalized spacial score (nSPS) is 12.5. The van der Waals surface area contributed by atoms with Gasteiger partial charge in [0.1, 0.15) is 17.4 Å². The zero-order chi connectivity index (χ0) is 14.3. The van der Waals surface area contributed by atoms with Gasteiger partial charge in [-0.3, -0.25) is 4.79 Å².